The van der Waals surface area contributed by atoms with E-state index in [0.29, 0.717) is 16.8 Å². The highest BCUT2D eigenvalue weighted by atomic mass is 32.2. The molecule has 3 rings (SSSR count). The van der Waals surface area contributed by atoms with Crippen molar-refractivity contribution in [1.82, 2.24) is 9.13 Å². The molecule has 0 saturated heterocycles. The molecular weight excluding hydrogens is 338 g/mol. The molecule has 1 N–H and O–H groups in total. The van der Waals surface area contributed by atoms with Crippen LogP contribution in [-0.4, -0.2) is 17.6 Å². The Morgan fingerprint density at radius 2 is 1.48 bits per heavy atom. The molecule has 0 aliphatic carbocycles. The van der Waals surface area contributed by atoms with Gasteiger partial charge in [0.25, 0.3) is 10.0 Å². The summed E-state index contributed by atoms with van der Waals surface area (Å²) in [6.07, 6.45) is 0. The standard InChI is InChI=1S/C18H21N3O3S/c1-11-6-7-17(13(3)8-11)25(23,24)19-14-10-16-15(9-12(14)2)20(4)18(22)21(16)5/h6-10,19H,1-5H3. The van der Waals surface area contributed by atoms with Crippen molar-refractivity contribution in [2.75, 3.05) is 4.72 Å². The number of rotatable bonds is 3. The van der Waals surface area contributed by atoms with Crippen molar-refractivity contribution >= 4 is 26.7 Å². The summed E-state index contributed by atoms with van der Waals surface area (Å²) in [5.74, 6) is 0. The lowest BCUT2D eigenvalue weighted by atomic mass is 10.2. The minimum Gasteiger partial charge on any atom is -0.295 e. The van der Waals surface area contributed by atoms with Crippen molar-refractivity contribution in [2.24, 2.45) is 14.1 Å². The number of benzene rings is 2. The molecule has 0 saturated carbocycles. The number of fused-ring (bicyclic) bond motifs is 1. The SMILES string of the molecule is Cc1ccc(S(=O)(=O)Nc2cc3c(cc2C)n(C)c(=O)n3C)c(C)c1. The number of nitrogens with zero attached hydrogens (tertiary/aromatic N) is 2. The number of nitrogens with one attached hydrogen (secondary N) is 1. The first-order chi connectivity index (χ1) is 11.6. The van der Waals surface area contributed by atoms with E-state index in [0.717, 1.165) is 16.6 Å². The maximum Gasteiger partial charge on any atom is 0.328 e. The highest BCUT2D eigenvalue weighted by Crippen LogP contribution is 2.26. The first kappa shape index (κ1) is 17.3. The lowest BCUT2D eigenvalue weighted by Crippen LogP contribution is -2.19. The van der Waals surface area contributed by atoms with Crippen molar-refractivity contribution in [3.8, 4) is 0 Å². The molecule has 0 aliphatic heterocycles. The fraction of sp³-hybridized carbons (Fsp3) is 0.278. The number of hydrogen-bond acceptors (Lipinski definition) is 3. The van der Waals surface area contributed by atoms with Crippen LogP contribution in [0.1, 0.15) is 16.7 Å². The van der Waals surface area contributed by atoms with Gasteiger partial charge in [-0.15, -0.1) is 0 Å². The van der Waals surface area contributed by atoms with Crippen molar-refractivity contribution in [3.05, 3.63) is 57.5 Å². The second-order valence-electron chi connectivity index (χ2n) is 6.43. The van der Waals surface area contributed by atoms with E-state index in [2.05, 4.69) is 4.72 Å². The van der Waals surface area contributed by atoms with Crippen LogP contribution in [0.25, 0.3) is 11.0 Å². The normalized spacial score (nSPS) is 11.9. The summed E-state index contributed by atoms with van der Waals surface area (Å²) >= 11 is 0. The number of hydrogen-bond donors (Lipinski definition) is 1. The van der Waals surface area contributed by atoms with Gasteiger partial charge in [0.05, 0.1) is 21.6 Å². The third-order valence-corrected chi connectivity index (χ3v) is 6.01. The number of anilines is 1. The Labute approximate surface area is 146 Å². The lowest BCUT2D eigenvalue weighted by Gasteiger charge is -2.13. The Morgan fingerprint density at radius 1 is 0.880 bits per heavy atom. The summed E-state index contributed by atoms with van der Waals surface area (Å²) in [4.78, 5) is 12.3. The summed E-state index contributed by atoms with van der Waals surface area (Å²) in [5.41, 5.74) is 4.21. The van der Waals surface area contributed by atoms with Gasteiger partial charge in [0, 0.05) is 14.1 Å². The maximum absolute atomic E-state index is 12.8. The third-order valence-electron chi connectivity index (χ3n) is 4.48. The molecule has 0 bridgehead atoms. The van der Waals surface area contributed by atoms with Gasteiger partial charge in [0.2, 0.25) is 0 Å². The monoisotopic (exact) mass is 359 g/mol. The van der Waals surface area contributed by atoms with Crippen LogP contribution in [0.15, 0.2) is 40.0 Å². The van der Waals surface area contributed by atoms with E-state index in [4.69, 9.17) is 0 Å². The molecule has 6 nitrogen and oxygen atoms in total. The Bertz CT molecular complexity index is 1150. The zero-order valence-corrected chi connectivity index (χ0v) is 15.7. The minimum absolute atomic E-state index is 0.149. The molecule has 0 aliphatic rings. The van der Waals surface area contributed by atoms with Gasteiger partial charge in [-0.1, -0.05) is 17.7 Å². The highest BCUT2D eigenvalue weighted by Gasteiger charge is 2.19. The van der Waals surface area contributed by atoms with Crippen LogP contribution in [0, 0.1) is 20.8 Å². The summed E-state index contributed by atoms with van der Waals surface area (Å²) in [6, 6.07) is 8.74. The predicted octanol–water partition coefficient (Wildman–Crippen LogP) is 2.60. The third kappa shape index (κ3) is 2.84. The van der Waals surface area contributed by atoms with E-state index in [1.807, 2.05) is 26.0 Å². The molecule has 0 spiro atoms. The number of aryl methyl sites for hydroxylation is 5. The zero-order chi connectivity index (χ0) is 18.5. The largest absolute Gasteiger partial charge is 0.328 e. The van der Waals surface area contributed by atoms with Crippen LogP contribution in [0.3, 0.4) is 0 Å². The van der Waals surface area contributed by atoms with E-state index < -0.39 is 10.0 Å². The Balaban J connectivity index is 2.12. The first-order valence-corrected chi connectivity index (χ1v) is 9.36. The molecule has 0 amide bonds. The smallest absolute Gasteiger partial charge is 0.295 e. The molecule has 25 heavy (non-hydrogen) atoms. The van der Waals surface area contributed by atoms with E-state index in [1.54, 1.807) is 43.8 Å². The molecule has 7 heteroatoms. The first-order valence-electron chi connectivity index (χ1n) is 7.88. The second-order valence-corrected chi connectivity index (χ2v) is 8.08. The van der Waals surface area contributed by atoms with Crippen LogP contribution in [-0.2, 0) is 24.1 Å². The summed E-state index contributed by atoms with van der Waals surface area (Å²) < 4.78 is 31.3. The van der Waals surface area contributed by atoms with Crippen LogP contribution < -0.4 is 10.4 Å². The number of aromatic nitrogens is 2. The van der Waals surface area contributed by atoms with Gasteiger partial charge in [-0.25, -0.2) is 13.2 Å². The number of imidazole rings is 1. The zero-order valence-electron chi connectivity index (χ0n) is 14.9. The molecular formula is C18H21N3O3S. The predicted molar refractivity (Wildman–Crippen MR) is 99.6 cm³/mol. The lowest BCUT2D eigenvalue weighted by molar-refractivity contribution is 0.600. The second kappa shape index (κ2) is 5.77. The fourth-order valence-electron chi connectivity index (χ4n) is 3.06. The van der Waals surface area contributed by atoms with Crippen LogP contribution in [0.2, 0.25) is 0 Å². The quantitative estimate of drug-likeness (QED) is 0.781. The Kier molecular flexibility index (Phi) is 3.99. The molecule has 3 aromatic rings. The van der Waals surface area contributed by atoms with E-state index in [9.17, 15) is 13.2 Å². The fourth-order valence-corrected chi connectivity index (χ4v) is 4.41. The van der Waals surface area contributed by atoms with E-state index >= 15 is 0 Å². The van der Waals surface area contributed by atoms with Gasteiger partial charge in [-0.05, 0) is 50.1 Å². The summed E-state index contributed by atoms with van der Waals surface area (Å²) in [7, 11) is -0.345. The van der Waals surface area contributed by atoms with Crippen molar-refractivity contribution < 1.29 is 8.42 Å². The van der Waals surface area contributed by atoms with Crippen LogP contribution in [0.5, 0.6) is 0 Å². The molecule has 0 unspecified atom stereocenters. The van der Waals surface area contributed by atoms with E-state index in [1.165, 1.54) is 4.57 Å². The Hall–Kier alpha value is -2.54. The topological polar surface area (TPSA) is 73.1 Å². The van der Waals surface area contributed by atoms with Crippen molar-refractivity contribution in [3.63, 3.8) is 0 Å². The van der Waals surface area contributed by atoms with Crippen molar-refractivity contribution in [1.29, 1.82) is 0 Å². The average Bonchev–Trinajstić information content (AvgIpc) is 2.72. The summed E-state index contributed by atoms with van der Waals surface area (Å²) in [6.45, 7) is 5.51. The van der Waals surface area contributed by atoms with Gasteiger partial charge in [0.15, 0.2) is 0 Å². The molecule has 2 aromatic carbocycles. The van der Waals surface area contributed by atoms with Crippen LogP contribution in [0.4, 0.5) is 5.69 Å². The van der Waals surface area contributed by atoms with Crippen LogP contribution >= 0.6 is 0 Å². The minimum atomic E-state index is -3.71. The van der Waals surface area contributed by atoms with Gasteiger partial charge < -0.3 is 0 Å². The molecule has 0 fully saturated rings. The Morgan fingerprint density at radius 3 is 2.08 bits per heavy atom. The van der Waals surface area contributed by atoms with Gasteiger partial charge in [-0.2, -0.15) is 0 Å². The van der Waals surface area contributed by atoms with Crippen molar-refractivity contribution in [2.45, 2.75) is 25.7 Å². The maximum atomic E-state index is 12.8. The molecule has 1 aromatic heterocycles. The number of sulfonamides is 1. The van der Waals surface area contributed by atoms with Gasteiger partial charge in [0.1, 0.15) is 0 Å². The van der Waals surface area contributed by atoms with Gasteiger partial charge >= 0.3 is 5.69 Å². The molecule has 132 valence electrons. The van der Waals surface area contributed by atoms with E-state index in [-0.39, 0.29) is 10.6 Å². The van der Waals surface area contributed by atoms with Gasteiger partial charge in [-0.3, -0.25) is 13.9 Å². The molecule has 1 heterocycles. The average molecular weight is 359 g/mol. The summed E-state index contributed by atoms with van der Waals surface area (Å²) in [5, 5.41) is 0. The molecule has 0 radical (unpaired) electrons. The highest BCUT2D eigenvalue weighted by molar-refractivity contribution is 7.92. The molecule has 0 atom stereocenters.